The van der Waals surface area contributed by atoms with Gasteiger partial charge in [0, 0.05) is 5.92 Å². The van der Waals surface area contributed by atoms with Gasteiger partial charge in [-0.05, 0) is 100 Å². The van der Waals surface area contributed by atoms with Crippen LogP contribution in [0.4, 0.5) is 0 Å². The smallest absolute Gasteiger partial charge is 0.0613 e. The first-order valence-corrected chi connectivity index (χ1v) is 12.3. The molecule has 0 aliphatic heterocycles. The zero-order valence-electron chi connectivity index (χ0n) is 19.2. The Balaban J connectivity index is 1.60. The van der Waals surface area contributed by atoms with Crippen molar-refractivity contribution < 1.29 is 5.11 Å². The summed E-state index contributed by atoms with van der Waals surface area (Å²) in [6, 6.07) is 0. The van der Waals surface area contributed by atoms with E-state index in [1.807, 2.05) is 5.57 Å². The predicted molar refractivity (Wildman–Crippen MR) is 119 cm³/mol. The molecule has 0 aromatic rings. The molecule has 0 heterocycles. The molecule has 0 bridgehead atoms. The van der Waals surface area contributed by atoms with Crippen molar-refractivity contribution in [2.24, 2.45) is 34.5 Å². The molecule has 4 rings (SSSR count). The Morgan fingerprint density at radius 1 is 1.14 bits per heavy atom. The van der Waals surface area contributed by atoms with Crippen molar-refractivity contribution in [1.82, 2.24) is 0 Å². The molecule has 158 valence electrons. The van der Waals surface area contributed by atoms with Gasteiger partial charge in [0.25, 0.3) is 0 Å². The zero-order valence-corrected chi connectivity index (χ0v) is 19.2. The topological polar surface area (TPSA) is 20.2 Å². The van der Waals surface area contributed by atoms with Crippen LogP contribution in [0.15, 0.2) is 22.8 Å². The summed E-state index contributed by atoms with van der Waals surface area (Å²) < 4.78 is 0. The molecule has 0 aromatic carbocycles. The Morgan fingerprint density at radius 3 is 2.68 bits per heavy atom. The van der Waals surface area contributed by atoms with Crippen molar-refractivity contribution in [2.45, 2.75) is 111 Å². The van der Waals surface area contributed by atoms with Gasteiger partial charge in [-0.3, -0.25) is 0 Å². The number of hydrogen-bond acceptors (Lipinski definition) is 1. The lowest BCUT2D eigenvalue weighted by atomic mass is 9.50. The lowest BCUT2D eigenvalue weighted by Gasteiger charge is -2.54. The first-order valence-electron chi connectivity index (χ1n) is 12.3. The summed E-state index contributed by atoms with van der Waals surface area (Å²) in [5.74, 6) is 2.77. The fourth-order valence-corrected chi connectivity index (χ4v) is 8.32. The highest BCUT2D eigenvalue weighted by Gasteiger charge is 2.58. The fourth-order valence-electron chi connectivity index (χ4n) is 8.32. The summed E-state index contributed by atoms with van der Waals surface area (Å²) in [5, 5.41) is 11.3. The minimum absolute atomic E-state index is 0.102. The maximum Gasteiger partial charge on any atom is 0.0613 e. The summed E-state index contributed by atoms with van der Waals surface area (Å²) in [5.41, 5.74) is 5.77. The van der Waals surface area contributed by atoms with Crippen LogP contribution in [-0.4, -0.2) is 11.2 Å². The molecule has 0 spiro atoms. The van der Waals surface area contributed by atoms with Crippen molar-refractivity contribution in [1.29, 1.82) is 0 Å². The molecule has 1 heteroatoms. The van der Waals surface area contributed by atoms with Crippen LogP contribution in [0, 0.1) is 34.5 Å². The van der Waals surface area contributed by atoms with E-state index in [0.717, 1.165) is 12.3 Å². The van der Waals surface area contributed by atoms with Gasteiger partial charge in [-0.15, -0.1) is 0 Å². The van der Waals surface area contributed by atoms with Gasteiger partial charge in [0.05, 0.1) is 6.10 Å². The second kappa shape index (κ2) is 7.60. The highest BCUT2D eigenvalue weighted by atomic mass is 16.3. The Bertz CT molecular complexity index is 653. The normalized spacial score (nSPS) is 43.8. The fraction of sp³-hybridized carbons (Fsp3) is 0.852. The third kappa shape index (κ3) is 3.24. The van der Waals surface area contributed by atoms with Crippen LogP contribution < -0.4 is 0 Å². The SMILES string of the molecule is CC(C)=CCC[C@@H](C)[C@H]1C[C@@H](O)[C@@H]2C3=C(CC[C@]12C)[C@@]1(C)CCCC[C@@H]1CC3. The number of aliphatic hydroxyl groups is 1. The lowest BCUT2D eigenvalue weighted by Crippen LogP contribution is -2.45. The molecule has 0 aromatic heterocycles. The van der Waals surface area contributed by atoms with E-state index in [0.29, 0.717) is 28.6 Å². The zero-order chi connectivity index (χ0) is 20.1. The van der Waals surface area contributed by atoms with E-state index < -0.39 is 0 Å². The van der Waals surface area contributed by atoms with Gasteiger partial charge < -0.3 is 5.11 Å². The lowest BCUT2D eigenvalue weighted by molar-refractivity contribution is 0.0443. The molecule has 7 atom stereocenters. The van der Waals surface area contributed by atoms with E-state index in [9.17, 15) is 5.11 Å². The number of aliphatic hydroxyl groups excluding tert-OH is 1. The first-order chi connectivity index (χ1) is 13.3. The summed E-state index contributed by atoms with van der Waals surface area (Å²) in [6.45, 7) is 12.0. The number of hydrogen-bond donors (Lipinski definition) is 1. The molecule has 1 nitrogen and oxygen atoms in total. The second-order valence-corrected chi connectivity index (χ2v) is 11.6. The van der Waals surface area contributed by atoms with Gasteiger partial charge >= 0.3 is 0 Å². The maximum absolute atomic E-state index is 11.3. The van der Waals surface area contributed by atoms with Crippen LogP contribution in [0.3, 0.4) is 0 Å². The quantitative estimate of drug-likeness (QED) is 0.499. The Kier molecular flexibility index (Phi) is 5.62. The van der Waals surface area contributed by atoms with E-state index in [4.69, 9.17) is 0 Å². The minimum Gasteiger partial charge on any atom is -0.392 e. The van der Waals surface area contributed by atoms with E-state index in [1.165, 1.54) is 69.8 Å². The third-order valence-electron chi connectivity index (χ3n) is 9.83. The first kappa shape index (κ1) is 20.7. The Hall–Kier alpha value is -0.560. The largest absolute Gasteiger partial charge is 0.392 e. The van der Waals surface area contributed by atoms with Gasteiger partial charge in [-0.25, -0.2) is 0 Å². The molecular weight excluding hydrogens is 340 g/mol. The van der Waals surface area contributed by atoms with Crippen molar-refractivity contribution in [3.63, 3.8) is 0 Å². The van der Waals surface area contributed by atoms with E-state index >= 15 is 0 Å². The van der Waals surface area contributed by atoms with Gasteiger partial charge in [-0.1, -0.05) is 56.4 Å². The average Bonchev–Trinajstić information content (AvgIpc) is 2.92. The number of rotatable bonds is 4. The van der Waals surface area contributed by atoms with Gasteiger partial charge in [0.15, 0.2) is 0 Å². The molecule has 4 aliphatic carbocycles. The van der Waals surface area contributed by atoms with E-state index in [2.05, 4.69) is 40.7 Å². The van der Waals surface area contributed by atoms with Gasteiger partial charge in [-0.2, -0.15) is 0 Å². The maximum atomic E-state index is 11.3. The number of fused-ring (bicyclic) bond motifs is 4. The van der Waals surface area contributed by atoms with Crippen molar-refractivity contribution in [3.05, 3.63) is 22.8 Å². The third-order valence-corrected chi connectivity index (χ3v) is 9.83. The Morgan fingerprint density at radius 2 is 1.93 bits per heavy atom. The van der Waals surface area contributed by atoms with Crippen molar-refractivity contribution >= 4 is 0 Å². The van der Waals surface area contributed by atoms with Gasteiger partial charge in [0.1, 0.15) is 0 Å². The molecule has 2 saturated carbocycles. The second-order valence-electron chi connectivity index (χ2n) is 11.6. The minimum atomic E-state index is -0.102. The molecule has 2 fully saturated rings. The monoisotopic (exact) mass is 384 g/mol. The summed E-state index contributed by atoms with van der Waals surface area (Å²) in [7, 11) is 0. The molecule has 4 aliphatic rings. The molecule has 0 amide bonds. The van der Waals surface area contributed by atoms with Crippen LogP contribution in [0.25, 0.3) is 0 Å². The van der Waals surface area contributed by atoms with Crippen LogP contribution in [-0.2, 0) is 0 Å². The van der Waals surface area contributed by atoms with Crippen molar-refractivity contribution in [2.75, 3.05) is 0 Å². The van der Waals surface area contributed by atoms with Crippen LogP contribution >= 0.6 is 0 Å². The Labute approximate surface area is 174 Å². The van der Waals surface area contributed by atoms with Crippen LogP contribution in [0.2, 0.25) is 0 Å². The molecule has 28 heavy (non-hydrogen) atoms. The van der Waals surface area contributed by atoms with Crippen LogP contribution in [0.5, 0.6) is 0 Å². The highest BCUT2D eigenvalue weighted by Crippen LogP contribution is 2.65. The molecule has 0 unspecified atom stereocenters. The standard InChI is InChI=1S/C27H44O/c1-18(2)9-8-10-19(3)23-17-24(28)25-21-13-12-20-11-6-7-15-26(20,4)22(21)14-16-27(23,25)5/h9,19-20,23-25,28H,6-8,10-17H2,1-5H3/t19-,20-,23-,24-,25+,26+,27-/m1/s1. The summed E-state index contributed by atoms with van der Waals surface area (Å²) in [6.07, 6.45) is 16.8. The average molecular weight is 385 g/mol. The summed E-state index contributed by atoms with van der Waals surface area (Å²) >= 11 is 0. The highest BCUT2D eigenvalue weighted by molar-refractivity contribution is 5.35. The summed E-state index contributed by atoms with van der Waals surface area (Å²) in [4.78, 5) is 0. The molecule has 1 N–H and O–H groups in total. The number of allylic oxidation sites excluding steroid dienone is 3. The van der Waals surface area contributed by atoms with Crippen LogP contribution in [0.1, 0.15) is 105 Å². The molecular formula is C27H44O. The van der Waals surface area contributed by atoms with E-state index in [1.54, 1.807) is 5.57 Å². The van der Waals surface area contributed by atoms with E-state index in [-0.39, 0.29) is 6.10 Å². The molecule has 0 saturated heterocycles. The van der Waals surface area contributed by atoms with Crippen molar-refractivity contribution in [3.8, 4) is 0 Å². The van der Waals surface area contributed by atoms with Gasteiger partial charge in [0.2, 0.25) is 0 Å². The predicted octanol–water partition coefficient (Wildman–Crippen LogP) is 7.45. The molecule has 0 radical (unpaired) electrons.